The standard InChI is InChI=1S/C16H14N2O/c1-12-6-8-17-16-15(12)7-9-18(16)10-13-2-4-14(11-19)5-3-13/h2-9,11H,10H2,1H3. The summed E-state index contributed by atoms with van der Waals surface area (Å²) in [7, 11) is 0. The fourth-order valence-corrected chi connectivity index (χ4v) is 2.25. The summed E-state index contributed by atoms with van der Waals surface area (Å²) >= 11 is 0. The number of aryl methyl sites for hydroxylation is 1. The van der Waals surface area contributed by atoms with Crippen LogP contribution in [0.4, 0.5) is 0 Å². The largest absolute Gasteiger partial charge is 0.328 e. The van der Waals surface area contributed by atoms with Gasteiger partial charge in [-0.05, 0) is 30.2 Å². The van der Waals surface area contributed by atoms with E-state index in [0.717, 1.165) is 24.0 Å². The maximum atomic E-state index is 10.6. The molecule has 3 aromatic rings. The first-order chi connectivity index (χ1) is 9.28. The average Bonchev–Trinajstić information content (AvgIpc) is 2.84. The summed E-state index contributed by atoms with van der Waals surface area (Å²) < 4.78 is 2.12. The lowest BCUT2D eigenvalue weighted by Crippen LogP contribution is -1.99. The molecule has 3 heteroatoms. The number of hydrogen-bond acceptors (Lipinski definition) is 2. The van der Waals surface area contributed by atoms with Gasteiger partial charge >= 0.3 is 0 Å². The van der Waals surface area contributed by atoms with Crippen molar-refractivity contribution in [2.45, 2.75) is 13.5 Å². The second-order valence-electron chi connectivity index (χ2n) is 4.67. The summed E-state index contributed by atoms with van der Waals surface area (Å²) in [4.78, 5) is 15.1. The van der Waals surface area contributed by atoms with Gasteiger partial charge in [-0.1, -0.05) is 24.3 Å². The average molecular weight is 250 g/mol. The number of aldehydes is 1. The Kier molecular flexibility index (Phi) is 2.88. The maximum Gasteiger partial charge on any atom is 0.150 e. The maximum absolute atomic E-state index is 10.6. The molecular formula is C16H14N2O. The van der Waals surface area contributed by atoms with Gasteiger partial charge in [-0.3, -0.25) is 4.79 Å². The van der Waals surface area contributed by atoms with Crippen LogP contribution in [0.25, 0.3) is 11.0 Å². The molecule has 0 aliphatic carbocycles. The zero-order valence-corrected chi connectivity index (χ0v) is 10.7. The van der Waals surface area contributed by atoms with Gasteiger partial charge in [0.25, 0.3) is 0 Å². The lowest BCUT2D eigenvalue weighted by atomic mass is 10.1. The van der Waals surface area contributed by atoms with Gasteiger partial charge < -0.3 is 4.57 Å². The number of nitrogens with zero attached hydrogens (tertiary/aromatic N) is 2. The fourth-order valence-electron chi connectivity index (χ4n) is 2.25. The summed E-state index contributed by atoms with van der Waals surface area (Å²) in [6.45, 7) is 2.85. The van der Waals surface area contributed by atoms with E-state index in [-0.39, 0.29) is 0 Å². The predicted octanol–water partition coefficient (Wildman–Crippen LogP) is 3.21. The Labute approximate surface area is 111 Å². The third kappa shape index (κ3) is 2.15. The van der Waals surface area contributed by atoms with Crippen molar-refractivity contribution in [3.63, 3.8) is 0 Å². The highest BCUT2D eigenvalue weighted by atomic mass is 16.1. The van der Waals surface area contributed by atoms with Crippen molar-refractivity contribution in [2.24, 2.45) is 0 Å². The molecule has 94 valence electrons. The van der Waals surface area contributed by atoms with Gasteiger partial charge in [0, 0.05) is 29.9 Å². The first-order valence-corrected chi connectivity index (χ1v) is 6.22. The molecule has 0 radical (unpaired) electrons. The smallest absolute Gasteiger partial charge is 0.150 e. The van der Waals surface area contributed by atoms with Crippen LogP contribution < -0.4 is 0 Å². The van der Waals surface area contributed by atoms with E-state index >= 15 is 0 Å². The lowest BCUT2D eigenvalue weighted by molar-refractivity contribution is 0.112. The van der Waals surface area contributed by atoms with Crippen molar-refractivity contribution >= 4 is 17.3 Å². The third-order valence-corrected chi connectivity index (χ3v) is 3.35. The Morgan fingerprint density at radius 3 is 2.68 bits per heavy atom. The van der Waals surface area contributed by atoms with E-state index in [9.17, 15) is 4.79 Å². The van der Waals surface area contributed by atoms with Crippen LogP contribution in [0.2, 0.25) is 0 Å². The second kappa shape index (κ2) is 4.69. The van der Waals surface area contributed by atoms with Crippen molar-refractivity contribution in [1.29, 1.82) is 0 Å². The number of pyridine rings is 1. The van der Waals surface area contributed by atoms with Gasteiger partial charge in [-0.2, -0.15) is 0 Å². The predicted molar refractivity (Wildman–Crippen MR) is 75.4 cm³/mol. The van der Waals surface area contributed by atoms with Crippen LogP contribution in [0.3, 0.4) is 0 Å². The molecule has 0 spiro atoms. The minimum Gasteiger partial charge on any atom is -0.328 e. The van der Waals surface area contributed by atoms with E-state index in [2.05, 4.69) is 28.7 Å². The first kappa shape index (κ1) is 11.7. The van der Waals surface area contributed by atoms with Crippen LogP contribution in [0.5, 0.6) is 0 Å². The summed E-state index contributed by atoms with van der Waals surface area (Å²) in [6.07, 6.45) is 4.75. The Bertz CT molecular complexity index is 726. The van der Waals surface area contributed by atoms with E-state index in [1.165, 1.54) is 10.9 Å². The van der Waals surface area contributed by atoms with Crippen LogP contribution >= 0.6 is 0 Å². The molecular weight excluding hydrogens is 236 g/mol. The monoisotopic (exact) mass is 250 g/mol. The zero-order valence-electron chi connectivity index (χ0n) is 10.7. The Hall–Kier alpha value is -2.42. The third-order valence-electron chi connectivity index (χ3n) is 3.35. The molecule has 0 saturated carbocycles. The van der Waals surface area contributed by atoms with Gasteiger partial charge in [-0.25, -0.2) is 4.98 Å². The minimum atomic E-state index is 0.704. The van der Waals surface area contributed by atoms with Crippen molar-refractivity contribution in [2.75, 3.05) is 0 Å². The highest BCUT2D eigenvalue weighted by Crippen LogP contribution is 2.18. The van der Waals surface area contributed by atoms with Gasteiger partial charge in [0.2, 0.25) is 0 Å². The van der Waals surface area contributed by atoms with Gasteiger partial charge in [-0.15, -0.1) is 0 Å². The quantitative estimate of drug-likeness (QED) is 0.669. The molecule has 0 atom stereocenters. The van der Waals surface area contributed by atoms with E-state index in [0.29, 0.717) is 5.56 Å². The van der Waals surface area contributed by atoms with Crippen LogP contribution in [0.15, 0.2) is 48.8 Å². The number of carbonyl (C=O) groups is 1. The van der Waals surface area contributed by atoms with Crippen LogP contribution in [0.1, 0.15) is 21.5 Å². The van der Waals surface area contributed by atoms with Crippen molar-refractivity contribution in [3.05, 3.63) is 65.5 Å². The van der Waals surface area contributed by atoms with Gasteiger partial charge in [0.05, 0.1) is 0 Å². The number of fused-ring (bicyclic) bond motifs is 1. The van der Waals surface area contributed by atoms with Crippen LogP contribution in [-0.4, -0.2) is 15.8 Å². The molecule has 0 saturated heterocycles. The van der Waals surface area contributed by atoms with Crippen molar-refractivity contribution in [1.82, 2.24) is 9.55 Å². The van der Waals surface area contributed by atoms with Gasteiger partial charge in [0.1, 0.15) is 11.9 Å². The molecule has 3 nitrogen and oxygen atoms in total. The number of benzene rings is 1. The van der Waals surface area contributed by atoms with Crippen LogP contribution in [-0.2, 0) is 6.54 Å². The van der Waals surface area contributed by atoms with E-state index in [1.807, 2.05) is 36.5 Å². The molecule has 0 unspecified atom stereocenters. The molecule has 0 aliphatic rings. The Morgan fingerprint density at radius 1 is 1.16 bits per heavy atom. The summed E-state index contributed by atoms with van der Waals surface area (Å²) in [6, 6.07) is 11.7. The number of hydrogen-bond donors (Lipinski definition) is 0. The molecule has 0 bridgehead atoms. The number of carbonyl (C=O) groups excluding carboxylic acids is 1. The molecule has 19 heavy (non-hydrogen) atoms. The lowest BCUT2D eigenvalue weighted by Gasteiger charge is -2.05. The molecule has 0 aliphatic heterocycles. The normalized spacial score (nSPS) is 10.8. The fraction of sp³-hybridized carbons (Fsp3) is 0.125. The summed E-state index contributed by atoms with van der Waals surface area (Å²) in [5, 5.41) is 1.19. The second-order valence-corrected chi connectivity index (χ2v) is 4.67. The first-order valence-electron chi connectivity index (χ1n) is 6.22. The Morgan fingerprint density at radius 2 is 1.95 bits per heavy atom. The minimum absolute atomic E-state index is 0.704. The molecule has 0 N–H and O–H groups in total. The number of rotatable bonds is 3. The Balaban J connectivity index is 1.96. The number of aromatic nitrogens is 2. The molecule has 2 aromatic heterocycles. The SMILES string of the molecule is Cc1ccnc2c1ccn2Cc1ccc(C=O)cc1. The highest BCUT2D eigenvalue weighted by Gasteiger charge is 2.04. The topological polar surface area (TPSA) is 34.9 Å². The van der Waals surface area contributed by atoms with Crippen LogP contribution in [0, 0.1) is 6.92 Å². The van der Waals surface area contributed by atoms with Gasteiger partial charge in [0.15, 0.2) is 0 Å². The van der Waals surface area contributed by atoms with Crippen molar-refractivity contribution < 1.29 is 4.79 Å². The van der Waals surface area contributed by atoms with E-state index in [1.54, 1.807) is 0 Å². The molecule has 3 rings (SSSR count). The van der Waals surface area contributed by atoms with Crippen molar-refractivity contribution in [3.8, 4) is 0 Å². The highest BCUT2D eigenvalue weighted by molar-refractivity contribution is 5.79. The summed E-state index contributed by atoms with van der Waals surface area (Å²) in [5.74, 6) is 0. The molecule has 0 fully saturated rings. The van der Waals surface area contributed by atoms with E-state index < -0.39 is 0 Å². The summed E-state index contributed by atoms with van der Waals surface area (Å²) in [5.41, 5.74) is 4.10. The molecule has 1 aromatic carbocycles. The molecule has 2 heterocycles. The zero-order chi connectivity index (χ0) is 13.2. The van der Waals surface area contributed by atoms with E-state index in [4.69, 9.17) is 0 Å². The molecule has 0 amide bonds.